The average molecular weight is 420 g/mol. The van der Waals surface area contributed by atoms with E-state index in [1.165, 1.54) is 4.68 Å². The highest BCUT2D eigenvalue weighted by Gasteiger charge is 2.19. The van der Waals surface area contributed by atoms with E-state index >= 15 is 0 Å². The van der Waals surface area contributed by atoms with Crippen molar-refractivity contribution in [1.29, 1.82) is 0 Å². The summed E-state index contributed by atoms with van der Waals surface area (Å²) < 4.78 is 27.9. The number of hydrogen-bond donors (Lipinski definition) is 2. The van der Waals surface area contributed by atoms with Gasteiger partial charge < -0.3 is 10.6 Å². The Balaban J connectivity index is 1.69. The largest absolute Gasteiger partial charge is 0.323 e. The van der Waals surface area contributed by atoms with Crippen LogP contribution in [0, 0.1) is 25.5 Å². The van der Waals surface area contributed by atoms with Crippen molar-refractivity contribution in [3.05, 3.63) is 70.0 Å². The van der Waals surface area contributed by atoms with Crippen molar-refractivity contribution >= 4 is 34.8 Å². The molecule has 3 aromatic rings. The molecule has 0 aliphatic heterocycles. The number of benzene rings is 2. The summed E-state index contributed by atoms with van der Waals surface area (Å²) in [6.07, 6.45) is 0. The predicted octanol–water partition coefficient (Wildman–Crippen LogP) is 3.72. The standard InChI is InChI=1S/C19H16ClF2N5O2/c1-10-3-5-15(13(20)7-10)23-17(28)9-27-11(2)18(25-26-27)19(29)24-16-6-4-12(21)8-14(16)22/h3-8H,9H2,1-2H3,(H,23,28)(H,24,29). The van der Waals surface area contributed by atoms with Crippen LogP contribution in [0.2, 0.25) is 5.02 Å². The van der Waals surface area contributed by atoms with Gasteiger partial charge in [0.05, 0.1) is 22.1 Å². The van der Waals surface area contributed by atoms with Crippen LogP contribution in [0.3, 0.4) is 0 Å². The third-order valence-electron chi connectivity index (χ3n) is 4.07. The van der Waals surface area contributed by atoms with Gasteiger partial charge in [-0.05, 0) is 43.7 Å². The second-order valence-electron chi connectivity index (χ2n) is 6.29. The molecule has 0 saturated heterocycles. The summed E-state index contributed by atoms with van der Waals surface area (Å²) in [5.74, 6) is -2.83. The molecule has 29 heavy (non-hydrogen) atoms. The van der Waals surface area contributed by atoms with Gasteiger partial charge in [0.1, 0.15) is 18.2 Å². The van der Waals surface area contributed by atoms with Crippen LogP contribution in [0.5, 0.6) is 0 Å². The molecule has 2 aromatic carbocycles. The Morgan fingerprint density at radius 2 is 1.79 bits per heavy atom. The van der Waals surface area contributed by atoms with Crippen molar-refractivity contribution in [2.75, 3.05) is 10.6 Å². The Bertz CT molecular complexity index is 1100. The Morgan fingerprint density at radius 3 is 2.48 bits per heavy atom. The number of aryl methyl sites for hydroxylation is 1. The van der Waals surface area contributed by atoms with Gasteiger partial charge >= 0.3 is 0 Å². The minimum Gasteiger partial charge on any atom is -0.323 e. The first-order chi connectivity index (χ1) is 13.7. The van der Waals surface area contributed by atoms with Gasteiger partial charge in [-0.2, -0.15) is 0 Å². The van der Waals surface area contributed by atoms with Crippen molar-refractivity contribution in [2.24, 2.45) is 0 Å². The fourth-order valence-electron chi connectivity index (χ4n) is 2.54. The van der Waals surface area contributed by atoms with E-state index < -0.39 is 23.4 Å². The molecular formula is C19H16ClF2N5O2. The summed E-state index contributed by atoms with van der Waals surface area (Å²) in [4.78, 5) is 24.6. The SMILES string of the molecule is Cc1ccc(NC(=O)Cn2nnc(C(=O)Nc3ccc(F)cc3F)c2C)c(Cl)c1. The molecule has 150 valence electrons. The number of carbonyl (C=O) groups excluding carboxylic acids is 2. The minimum absolute atomic E-state index is 0.0881. The lowest BCUT2D eigenvalue weighted by molar-refractivity contribution is -0.117. The summed E-state index contributed by atoms with van der Waals surface area (Å²) in [6.45, 7) is 3.21. The van der Waals surface area contributed by atoms with Crippen LogP contribution >= 0.6 is 11.6 Å². The van der Waals surface area contributed by atoms with Gasteiger partial charge in [-0.25, -0.2) is 13.5 Å². The second-order valence-corrected chi connectivity index (χ2v) is 6.70. The lowest BCUT2D eigenvalue weighted by Crippen LogP contribution is -2.21. The fourth-order valence-corrected chi connectivity index (χ4v) is 2.82. The van der Waals surface area contributed by atoms with E-state index in [9.17, 15) is 18.4 Å². The van der Waals surface area contributed by atoms with Crippen molar-refractivity contribution in [3.8, 4) is 0 Å². The lowest BCUT2D eigenvalue weighted by atomic mass is 10.2. The number of anilines is 2. The van der Waals surface area contributed by atoms with Crippen LogP contribution < -0.4 is 10.6 Å². The van der Waals surface area contributed by atoms with Crippen molar-refractivity contribution in [1.82, 2.24) is 15.0 Å². The number of carbonyl (C=O) groups is 2. The molecule has 10 heteroatoms. The number of amides is 2. The van der Waals surface area contributed by atoms with Gasteiger partial charge in [-0.1, -0.05) is 22.9 Å². The van der Waals surface area contributed by atoms with Crippen LogP contribution in [-0.2, 0) is 11.3 Å². The van der Waals surface area contributed by atoms with E-state index in [1.807, 2.05) is 6.92 Å². The molecule has 1 heterocycles. The maximum atomic E-state index is 13.7. The molecule has 7 nitrogen and oxygen atoms in total. The Hall–Kier alpha value is -3.33. The maximum Gasteiger partial charge on any atom is 0.278 e. The highest BCUT2D eigenvalue weighted by Crippen LogP contribution is 2.22. The van der Waals surface area contributed by atoms with Crippen molar-refractivity contribution in [2.45, 2.75) is 20.4 Å². The minimum atomic E-state index is -0.919. The summed E-state index contributed by atoms with van der Waals surface area (Å²) in [5, 5.41) is 12.9. The number of nitrogens with zero attached hydrogens (tertiary/aromatic N) is 3. The van der Waals surface area contributed by atoms with Crippen molar-refractivity contribution in [3.63, 3.8) is 0 Å². The molecule has 1 aromatic heterocycles. The molecule has 2 N–H and O–H groups in total. The zero-order valence-corrected chi connectivity index (χ0v) is 16.2. The van der Waals surface area contributed by atoms with Crippen LogP contribution in [0.25, 0.3) is 0 Å². The fraction of sp³-hybridized carbons (Fsp3) is 0.158. The first-order valence-corrected chi connectivity index (χ1v) is 8.85. The Kier molecular flexibility index (Phi) is 5.88. The second kappa shape index (κ2) is 8.36. The summed E-state index contributed by atoms with van der Waals surface area (Å²) in [5.41, 5.74) is 1.42. The molecule has 0 aliphatic rings. The first kappa shape index (κ1) is 20.4. The normalized spacial score (nSPS) is 10.7. The number of halogens is 3. The highest BCUT2D eigenvalue weighted by molar-refractivity contribution is 6.33. The summed E-state index contributed by atoms with van der Waals surface area (Å²) in [6, 6.07) is 7.97. The third kappa shape index (κ3) is 4.75. The van der Waals surface area contributed by atoms with Gasteiger partial charge in [-0.3, -0.25) is 9.59 Å². The first-order valence-electron chi connectivity index (χ1n) is 8.47. The molecule has 0 aliphatic carbocycles. The van der Waals surface area contributed by atoms with E-state index in [4.69, 9.17) is 11.6 Å². The van der Waals surface area contributed by atoms with Crippen molar-refractivity contribution < 1.29 is 18.4 Å². The topological polar surface area (TPSA) is 88.9 Å². The third-order valence-corrected chi connectivity index (χ3v) is 4.38. The molecule has 2 amide bonds. The average Bonchev–Trinajstić information content (AvgIpc) is 3.00. The number of rotatable bonds is 5. The van der Waals surface area contributed by atoms with Crippen LogP contribution in [0.15, 0.2) is 36.4 Å². The lowest BCUT2D eigenvalue weighted by Gasteiger charge is -2.09. The molecule has 0 saturated carbocycles. The molecule has 0 radical (unpaired) electrons. The quantitative estimate of drug-likeness (QED) is 0.659. The van der Waals surface area contributed by atoms with E-state index in [-0.39, 0.29) is 17.9 Å². The number of hydrogen-bond acceptors (Lipinski definition) is 4. The maximum absolute atomic E-state index is 13.7. The van der Waals surface area contributed by atoms with Crippen LogP contribution in [-0.4, -0.2) is 26.8 Å². The smallest absolute Gasteiger partial charge is 0.278 e. The van der Waals surface area contributed by atoms with Gasteiger partial charge in [0.25, 0.3) is 5.91 Å². The Morgan fingerprint density at radius 1 is 1.07 bits per heavy atom. The van der Waals surface area contributed by atoms with E-state index in [0.29, 0.717) is 22.5 Å². The zero-order chi connectivity index (χ0) is 21.1. The van der Waals surface area contributed by atoms with Crippen LogP contribution in [0.1, 0.15) is 21.7 Å². The molecule has 0 bridgehead atoms. The molecule has 0 unspecified atom stereocenters. The van der Waals surface area contributed by atoms with Gasteiger partial charge in [0, 0.05) is 6.07 Å². The van der Waals surface area contributed by atoms with E-state index in [0.717, 1.165) is 17.7 Å². The highest BCUT2D eigenvalue weighted by atomic mass is 35.5. The molecule has 0 fully saturated rings. The van der Waals surface area contributed by atoms with E-state index in [1.54, 1.807) is 25.1 Å². The number of nitrogens with one attached hydrogen (secondary N) is 2. The molecule has 0 spiro atoms. The molecule has 3 rings (SSSR count). The predicted molar refractivity (Wildman–Crippen MR) is 104 cm³/mol. The van der Waals surface area contributed by atoms with Gasteiger partial charge in [-0.15, -0.1) is 5.10 Å². The number of aromatic nitrogens is 3. The summed E-state index contributed by atoms with van der Waals surface area (Å²) in [7, 11) is 0. The monoisotopic (exact) mass is 419 g/mol. The Labute approximate surface area is 169 Å². The van der Waals surface area contributed by atoms with Crippen LogP contribution in [0.4, 0.5) is 20.2 Å². The zero-order valence-electron chi connectivity index (χ0n) is 15.5. The molecule has 0 atom stereocenters. The van der Waals surface area contributed by atoms with E-state index in [2.05, 4.69) is 20.9 Å². The van der Waals surface area contributed by atoms with Gasteiger partial charge in [0.2, 0.25) is 5.91 Å². The summed E-state index contributed by atoms with van der Waals surface area (Å²) >= 11 is 6.10. The molecular weight excluding hydrogens is 404 g/mol. The van der Waals surface area contributed by atoms with Gasteiger partial charge in [0.15, 0.2) is 5.69 Å².